The molecule has 0 radical (unpaired) electrons. The first-order valence-electron chi connectivity index (χ1n) is 10.5. The molecule has 0 spiro atoms. The first-order chi connectivity index (χ1) is 14.0. The molecular formula is C22H31N3O4. The summed E-state index contributed by atoms with van der Waals surface area (Å²) in [4.78, 5) is 39.1. The molecule has 1 aromatic carbocycles. The Morgan fingerprint density at radius 3 is 2.38 bits per heavy atom. The predicted molar refractivity (Wildman–Crippen MR) is 111 cm³/mol. The molecule has 0 aromatic heterocycles. The smallest absolute Gasteiger partial charge is 0.242 e. The quantitative estimate of drug-likeness (QED) is 0.717. The molecule has 1 saturated heterocycles. The van der Waals surface area contributed by atoms with Crippen LogP contribution in [0.5, 0.6) is 5.75 Å². The van der Waals surface area contributed by atoms with Crippen molar-refractivity contribution in [2.45, 2.75) is 64.0 Å². The summed E-state index contributed by atoms with van der Waals surface area (Å²) in [6.45, 7) is 2.01. The van der Waals surface area contributed by atoms with Gasteiger partial charge < -0.3 is 20.3 Å². The maximum absolute atomic E-state index is 12.6. The first-order valence-corrected chi connectivity index (χ1v) is 10.5. The topological polar surface area (TPSA) is 87.7 Å². The largest absolute Gasteiger partial charge is 0.497 e. The van der Waals surface area contributed by atoms with E-state index in [0.29, 0.717) is 12.3 Å². The van der Waals surface area contributed by atoms with Gasteiger partial charge in [-0.25, -0.2) is 0 Å². The van der Waals surface area contributed by atoms with E-state index in [-0.39, 0.29) is 30.2 Å². The summed E-state index contributed by atoms with van der Waals surface area (Å²) in [5, 5.41) is 5.85. The van der Waals surface area contributed by atoms with E-state index in [0.717, 1.165) is 31.4 Å². The first kappa shape index (κ1) is 21.1. The number of hydrogen-bond donors (Lipinski definition) is 2. The third-order valence-corrected chi connectivity index (χ3v) is 5.83. The molecule has 1 aliphatic heterocycles. The standard InChI is InChI=1S/C22H31N3O4/c1-15(21(27)24-17-7-5-3-4-6-8-17)23-22(28)16-13-20(26)25(14-16)18-9-11-19(29-2)12-10-18/h9-12,15-17H,3-8,13-14H2,1-2H3,(H,23,28)(H,24,27). The normalized spacial score (nSPS) is 21.4. The van der Waals surface area contributed by atoms with Gasteiger partial charge in [0.25, 0.3) is 0 Å². The van der Waals surface area contributed by atoms with Crippen LogP contribution in [-0.2, 0) is 14.4 Å². The summed E-state index contributed by atoms with van der Waals surface area (Å²) in [6.07, 6.45) is 6.86. The Morgan fingerprint density at radius 1 is 1.10 bits per heavy atom. The third kappa shape index (κ3) is 5.49. The number of ether oxygens (including phenoxy) is 1. The second kappa shape index (κ2) is 9.76. The highest BCUT2D eigenvalue weighted by Crippen LogP contribution is 2.27. The van der Waals surface area contributed by atoms with Crippen LogP contribution in [0.25, 0.3) is 0 Å². The molecule has 29 heavy (non-hydrogen) atoms. The summed E-state index contributed by atoms with van der Waals surface area (Å²) in [5.74, 6) is -0.244. The number of methoxy groups -OCH3 is 1. The van der Waals surface area contributed by atoms with E-state index < -0.39 is 12.0 Å². The van der Waals surface area contributed by atoms with Crippen molar-refractivity contribution in [1.82, 2.24) is 10.6 Å². The highest BCUT2D eigenvalue weighted by atomic mass is 16.5. The van der Waals surface area contributed by atoms with Crippen LogP contribution in [0, 0.1) is 5.92 Å². The van der Waals surface area contributed by atoms with Gasteiger partial charge in [0, 0.05) is 24.7 Å². The molecule has 1 aliphatic carbocycles. The Kier molecular flexibility index (Phi) is 7.12. The van der Waals surface area contributed by atoms with Gasteiger partial charge in [-0.1, -0.05) is 25.7 Å². The number of rotatable bonds is 6. The van der Waals surface area contributed by atoms with E-state index >= 15 is 0 Å². The van der Waals surface area contributed by atoms with E-state index in [1.54, 1.807) is 43.2 Å². The minimum Gasteiger partial charge on any atom is -0.497 e. The molecule has 2 unspecified atom stereocenters. The van der Waals surface area contributed by atoms with Gasteiger partial charge in [-0.05, 0) is 44.0 Å². The van der Waals surface area contributed by atoms with E-state index in [1.165, 1.54) is 12.8 Å². The van der Waals surface area contributed by atoms with Crippen molar-refractivity contribution in [3.63, 3.8) is 0 Å². The number of amides is 3. The summed E-state index contributed by atoms with van der Waals surface area (Å²) >= 11 is 0. The summed E-state index contributed by atoms with van der Waals surface area (Å²) in [6, 6.07) is 6.77. The van der Waals surface area contributed by atoms with Gasteiger partial charge in [-0.15, -0.1) is 0 Å². The molecule has 1 heterocycles. The van der Waals surface area contributed by atoms with Crippen molar-refractivity contribution in [2.24, 2.45) is 5.92 Å². The summed E-state index contributed by atoms with van der Waals surface area (Å²) in [7, 11) is 1.59. The van der Waals surface area contributed by atoms with Gasteiger partial charge >= 0.3 is 0 Å². The molecule has 7 nitrogen and oxygen atoms in total. The molecule has 158 valence electrons. The lowest BCUT2D eigenvalue weighted by Crippen LogP contribution is -2.49. The summed E-state index contributed by atoms with van der Waals surface area (Å²) < 4.78 is 5.14. The minimum absolute atomic E-state index is 0.0918. The van der Waals surface area contributed by atoms with Crippen LogP contribution in [0.4, 0.5) is 5.69 Å². The Labute approximate surface area is 172 Å². The maximum Gasteiger partial charge on any atom is 0.242 e. The molecule has 0 bridgehead atoms. The molecule has 7 heteroatoms. The zero-order valence-corrected chi connectivity index (χ0v) is 17.3. The number of carbonyl (C=O) groups is 3. The lowest BCUT2D eigenvalue weighted by molar-refractivity contribution is -0.131. The molecule has 2 atom stereocenters. The van der Waals surface area contributed by atoms with Crippen LogP contribution in [0.1, 0.15) is 51.9 Å². The zero-order valence-electron chi connectivity index (χ0n) is 17.3. The van der Waals surface area contributed by atoms with Crippen LogP contribution in [0.2, 0.25) is 0 Å². The van der Waals surface area contributed by atoms with Gasteiger partial charge in [0.1, 0.15) is 11.8 Å². The Balaban J connectivity index is 1.52. The van der Waals surface area contributed by atoms with Gasteiger partial charge in [-0.2, -0.15) is 0 Å². The molecule has 1 saturated carbocycles. The highest BCUT2D eigenvalue weighted by molar-refractivity contribution is 6.01. The minimum atomic E-state index is -0.615. The number of benzene rings is 1. The number of anilines is 1. The molecule has 3 rings (SSSR count). The lowest BCUT2D eigenvalue weighted by Gasteiger charge is -2.21. The highest BCUT2D eigenvalue weighted by Gasteiger charge is 2.36. The van der Waals surface area contributed by atoms with Crippen molar-refractivity contribution in [2.75, 3.05) is 18.6 Å². The van der Waals surface area contributed by atoms with Crippen LogP contribution >= 0.6 is 0 Å². The average Bonchev–Trinajstić information content (AvgIpc) is 2.93. The zero-order chi connectivity index (χ0) is 20.8. The van der Waals surface area contributed by atoms with Gasteiger partial charge in [0.2, 0.25) is 17.7 Å². The van der Waals surface area contributed by atoms with Crippen LogP contribution < -0.4 is 20.3 Å². The SMILES string of the molecule is COc1ccc(N2CC(C(=O)NC(C)C(=O)NC3CCCCCC3)CC2=O)cc1. The number of carbonyl (C=O) groups excluding carboxylic acids is 3. The fraction of sp³-hybridized carbons (Fsp3) is 0.591. The molecule has 2 fully saturated rings. The van der Waals surface area contributed by atoms with Gasteiger partial charge in [0.05, 0.1) is 13.0 Å². The Morgan fingerprint density at radius 2 is 1.76 bits per heavy atom. The fourth-order valence-electron chi connectivity index (χ4n) is 4.04. The molecular weight excluding hydrogens is 370 g/mol. The van der Waals surface area contributed by atoms with Crippen molar-refractivity contribution in [3.8, 4) is 5.75 Å². The lowest BCUT2D eigenvalue weighted by atomic mass is 10.1. The summed E-state index contributed by atoms with van der Waals surface area (Å²) in [5.41, 5.74) is 0.741. The van der Waals surface area contributed by atoms with Crippen LogP contribution in [-0.4, -0.2) is 43.5 Å². The third-order valence-electron chi connectivity index (χ3n) is 5.83. The molecule has 2 N–H and O–H groups in total. The average molecular weight is 402 g/mol. The van der Waals surface area contributed by atoms with E-state index in [2.05, 4.69) is 10.6 Å². The Bertz CT molecular complexity index is 726. The number of nitrogens with one attached hydrogen (secondary N) is 2. The Hall–Kier alpha value is -2.57. The van der Waals surface area contributed by atoms with Crippen molar-refractivity contribution in [1.29, 1.82) is 0 Å². The van der Waals surface area contributed by atoms with E-state index in [4.69, 9.17) is 4.74 Å². The van der Waals surface area contributed by atoms with Gasteiger partial charge in [-0.3, -0.25) is 14.4 Å². The molecule has 3 amide bonds. The van der Waals surface area contributed by atoms with Crippen molar-refractivity contribution >= 4 is 23.4 Å². The van der Waals surface area contributed by atoms with Crippen LogP contribution in [0.3, 0.4) is 0 Å². The van der Waals surface area contributed by atoms with Crippen LogP contribution in [0.15, 0.2) is 24.3 Å². The number of nitrogens with zero attached hydrogens (tertiary/aromatic N) is 1. The molecule has 1 aromatic rings. The fourth-order valence-corrected chi connectivity index (χ4v) is 4.04. The predicted octanol–water partition coefficient (Wildman–Crippen LogP) is 2.39. The number of hydrogen-bond acceptors (Lipinski definition) is 4. The van der Waals surface area contributed by atoms with Gasteiger partial charge in [0.15, 0.2) is 0 Å². The molecule has 2 aliphatic rings. The maximum atomic E-state index is 12.6. The van der Waals surface area contributed by atoms with E-state index in [1.807, 2.05) is 0 Å². The van der Waals surface area contributed by atoms with Crippen molar-refractivity contribution < 1.29 is 19.1 Å². The van der Waals surface area contributed by atoms with Crippen molar-refractivity contribution in [3.05, 3.63) is 24.3 Å². The second-order valence-electron chi connectivity index (χ2n) is 8.03. The monoisotopic (exact) mass is 401 g/mol. The second-order valence-corrected chi connectivity index (χ2v) is 8.03. The van der Waals surface area contributed by atoms with E-state index in [9.17, 15) is 14.4 Å².